The Bertz CT molecular complexity index is 1710. The molecule has 2 aliphatic heterocycles. The van der Waals surface area contributed by atoms with Gasteiger partial charge >= 0.3 is 6.09 Å². The van der Waals surface area contributed by atoms with Crippen molar-refractivity contribution in [2.24, 2.45) is 0 Å². The maximum absolute atomic E-state index is 15.4. The van der Waals surface area contributed by atoms with Crippen LogP contribution in [0.15, 0.2) is 60.8 Å². The molecule has 0 aliphatic carbocycles. The monoisotopic (exact) mass is 701 g/mol. The number of methoxy groups -OCH3 is 1. The highest BCUT2D eigenvalue weighted by Gasteiger charge is 2.38. The number of rotatable bonds is 11. The summed E-state index contributed by atoms with van der Waals surface area (Å²) >= 11 is 6.20. The normalized spacial score (nSPS) is 21.4. The second-order valence-corrected chi connectivity index (χ2v) is 14.8. The molecule has 2 aromatic carbocycles. The van der Waals surface area contributed by atoms with Crippen LogP contribution in [0.25, 0.3) is 0 Å². The largest absolute Gasteiger partial charge is 0.475 e. The van der Waals surface area contributed by atoms with Crippen LogP contribution in [0.3, 0.4) is 0 Å². The number of piperazine rings is 1. The van der Waals surface area contributed by atoms with Crippen LogP contribution in [-0.2, 0) is 26.0 Å². The third-order valence-electron chi connectivity index (χ3n) is 8.64. The van der Waals surface area contributed by atoms with Gasteiger partial charge in [-0.3, -0.25) is 4.79 Å². The van der Waals surface area contributed by atoms with Crippen molar-refractivity contribution >= 4 is 39.3 Å². The predicted molar refractivity (Wildman–Crippen MR) is 181 cm³/mol. The number of halogens is 2. The van der Waals surface area contributed by atoms with Crippen molar-refractivity contribution < 1.29 is 31.9 Å². The molecule has 2 saturated heterocycles. The van der Waals surface area contributed by atoms with E-state index in [1.54, 1.807) is 53.0 Å². The Balaban J connectivity index is 1.46. The van der Waals surface area contributed by atoms with E-state index in [0.29, 0.717) is 48.0 Å². The zero-order chi connectivity index (χ0) is 34.4. The Morgan fingerprint density at radius 1 is 1.15 bits per heavy atom. The van der Waals surface area contributed by atoms with Crippen molar-refractivity contribution in [1.29, 1.82) is 0 Å². The molecule has 11 nitrogen and oxygen atoms in total. The van der Waals surface area contributed by atoms with Gasteiger partial charge in [0.05, 0.1) is 19.0 Å². The Hall–Kier alpha value is -3.78. The lowest BCUT2D eigenvalue weighted by Crippen LogP contribution is -2.57. The maximum Gasteiger partial charge on any atom is 0.407 e. The van der Waals surface area contributed by atoms with Gasteiger partial charge < -0.3 is 25.4 Å². The number of amides is 2. The van der Waals surface area contributed by atoms with Crippen molar-refractivity contribution in [3.05, 3.63) is 88.3 Å². The molecule has 3 aromatic rings. The van der Waals surface area contributed by atoms with E-state index in [9.17, 15) is 18.0 Å². The average molecular weight is 702 g/mol. The van der Waals surface area contributed by atoms with Gasteiger partial charge in [-0.15, -0.1) is 0 Å². The van der Waals surface area contributed by atoms with Crippen molar-refractivity contribution in [1.82, 2.24) is 19.9 Å². The number of alkyl carbamates (subject to hydrolysis) is 1. The molecular weight excluding hydrogens is 661 g/mol. The summed E-state index contributed by atoms with van der Waals surface area (Å²) in [7, 11) is -2.23. The molecule has 3 heterocycles. The molecule has 1 aromatic heterocycles. The van der Waals surface area contributed by atoms with E-state index in [-0.39, 0.29) is 41.6 Å². The summed E-state index contributed by atoms with van der Waals surface area (Å²) < 4.78 is 53.7. The molecule has 0 spiro atoms. The van der Waals surface area contributed by atoms with Gasteiger partial charge in [0.1, 0.15) is 11.9 Å². The number of aromatic nitrogens is 1. The fraction of sp³-hybridized carbons (Fsp3) is 0.441. The molecule has 14 heteroatoms. The number of benzene rings is 2. The topological polar surface area (TPSA) is 139 Å². The van der Waals surface area contributed by atoms with Crippen molar-refractivity contribution in [3.63, 3.8) is 0 Å². The molecule has 5 atom stereocenters. The van der Waals surface area contributed by atoms with Crippen LogP contribution < -0.4 is 20.7 Å². The summed E-state index contributed by atoms with van der Waals surface area (Å²) in [5.41, 5.74) is 1.71. The number of ether oxygens (including phenoxy) is 2. The second kappa shape index (κ2) is 15.6. The average Bonchev–Trinajstić information content (AvgIpc) is 3.16. The molecule has 3 unspecified atom stereocenters. The minimum Gasteiger partial charge on any atom is -0.475 e. The van der Waals surface area contributed by atoms with E-state index in [1.165, 1.54) is 19.2 Å². The first-order valence-corrected chi connectivity index (χ1v) is 18.0. The Morgan fingerprint density at radius 2 is 1.92 bits per heavy atom. The molecule has 48 heavy (non-hydrogen) atoms. The summed E-state index contributed by atoms with van der Waals surface area (Å²) in [6, 6.07) is 13.2. The van der Waals surface area contributed by atoms with E-state index >= 15 is 4.39 Å². The van der Waals surface area contributed by atoms with E-state index in [1.807, 2.05) is 13.8 Å². The molecule has 3 N–H and O–H groups in total. The SMILES string of the molecule is COC(=O)N[C@H](C(=O)Nc1cccc(F)c1CCC1CNC2CCCS(=O)(=O)N1C2)[C@@H](c1ccc(Cl)cc1)c1ccnc(OC(C)C)c1. The summed E-state index contributed by atoms with van der Waals surface area (Å²) in [5, 5.41) is 9.44. The summed E-state index contributed by atoms with van der Waals surface area (Å²) in [6.07, 6.45) is 2.44. The van der Waals surface area contributed by atoms with Gasteiger partial charge in [-0.1, -0.05) is 29.8 Å². The zero-order valence-electron chi connectivity index (χ0n) is 27.1. The highest BCUT2D eigenvalue weighted by Crippen LogP contribution is 2.33. The molecule has 2 aliphatic rings. The number of carbonyl (C=O) groups excluding carboxylic acids is 2. The second-order valence-electron chi connectivity index (χ2n) is 12.3. The summed E-state index contributed by atoms with van der Waals surface area (Å²) in [4.78, 5) is 31.2. The smallest absolute Gasteiger partial charge is 0.407 e. The van der Waals surface area contributed by atoms with Gasteiger partial charge in [0, 0.05) is 59.6 Å². The summed E-state index contributed by atoms with van der Waals surface area (Å²) in [6.45, 7) is 4.58. The third kappa shape index (κ3) is 8.62. The Kier molecular flexibility index (Phi) is 11.6. The first-order valence-electron chi connectivity index (χ1n) is 16.0. The zero-order valence-corrected chi connectivity index (χ0v) is 28.7. The minimum absolute atomic E-state index is 0.0919. The fourth-order valence-corrected chi connectivity index (χ4v) is 8.29. The standard InChI is InChI=1S/C34H41ClFN5O6S/c1-21(2)47-30-18-23(15-16-37-30)31(22-9-11-24(35)12-10-22)32(40-34(43)46-3)33(42)39-29-8-4-7-28(36)27(29)14-13-26-19-38-25-6-5-17-48(44,45)41(26)20-25/h4,7-12,15-16,18,21,25-26,31-32,38H,5-6,13-14,17,19-20H2,1-3H3,(H,39,42)(H,40,43)/t25?,26?,31-,32-/m0/s1. The number of nitrogens with zero attached hydrogens (tertiary/aromatic N) is 2. The van der Waals surface area contributed by atoms with Gasteiger partial charge in [-0.25, -0.2) is 22.6 Å². The van der Waals surface area contributed by atoms with Gasteiger partial charge in [0.15, 0.2) is 0 Å². The molecule has 0 saturated carbocycles. The number of pyridine rings is 1. The predicted octanol–water partition coefficient (Wildman–Crippen LogP) is 4.86. The molecule has 2 fully saturated rings. The quantitative estimate of drug-likeness (QED) is 0.258. The minimum atomic E-state index is -3.43. The number of fused-ring (bicyclic) bond motifs is 2. The number of anilines is 1. The van der Waals surface area contributed by atoms with Crippen molar-refractivity contribution in [3.8, 4) is 5.88 Å². The first-order chi connectivity index (χ1) is 22.9. The lowest BCUT2D eigenvalue weighted by molar-refractivity contribution is -0.118. The van der Waals surface area contributed by atoms with Crippen LogP contribution in [0, 0.1) is 5.82 Å². The molecular formula is C34H41ClFN5O6S. The van der Waals surface area contributed by atoms with E-state index in [2.05, 4.69) is 20.9 Å². The van der Waals surface area contributed by atoms with Crippen LogP contribution in [0.1, 0.15) is 55.7 Å². The van der Waals surface area contributed by atoms with Crippen molar-refractivity contribution in [2.45, 2.75) is 69.7 Å². The number of sulfonamides is 1. The number of carbonyl (C=O) groups is 2. The van der Waals surface area contributed by atoms with Crippen LogP contribution in [0.2, 0.25) is 5.02 Å². The van der Waals surface area contributed by atoms with Crippen LogP contribution in [-0.4, -0.2) is 79.9 Å². The lowest BCUT2D eigenvalue weighted by Gasteiger charge is -2.37. The number of hydrogen-bond acceptors (Lipinski definition) is 8. The van der Waals surface area contributed by atoms with Gasteiger partial charge in [0.25, 0.3) is 0 Å². The molecule has 258 valence electrons. The summed E-state index contributed by atoms with van der Waals surface area (Å²) in [5.74, 6) is -1.52. The van der Waals surface area contributed by atoms with Gasteiger partial charge in [-0.05, 0) is 81.0 Å². The molecule has 0 radical (unpaired) electrons. The van der Waals surface area contributed by atoms with Crippen LogP contribution in [0.5, 0.6) is 5.88 Å². The lowest BCUT2D eigenvalue weighted by atomic mass is 9.84. The Morgan fingerprint density at radius 3 is 2.65 bits per heavy atom. The first kappa shape index (κ1) is 35.5. The third-order valence-corrected chi connectivity index (χ3v) is 10.9. The number of nitrogens with one attached hydrogen (secondary N) is 3. The molecule has 2 bridgehead atoms. The Labute approximate surface area is 285 Å². The van der Waals surface area contributed by atoms with Crippen molar-refractivity contribution in [2.75, 3.05) is 31.3 Å². The number of hydrogen-bond donors (Lipinski definition) is 3. The van der Waals surface area contributed by atoms with E-state index < -0.39 is 39.8 Å². The fourth-order valence-electron chi connectivity index (χ4n) is 6.35. The van der Waals surface area contributed by atoms with Gasteiger partial charge in [0.2, 0.25) is 21.8 Å². The van der Waals surface area contributed by atoms with E-state index in [0.717, 1.165) is 6.42 Å². The highest BCUT2D eigenvalue weighted by atomic mass is 35.5. The molecule has 2 amide bonds. The highest BCUT2D eigenvalue weighted by molar-refractivity contribution is 7.89. The molecule has 5 rings (SSSR count). The van der Waals surface area contributed by atoms with Crippen LogP contribution >= 0.6 is 11.6 Å². The van der Waals surface area contributed by atoms with Crippen LogP contribution in [0.4, 0.5) is 14.9 Å². The maximum atomic E-state index is 15.4. The van der Waals surface area contributed by atoms with Gasteiger partial charge in [-0.2, -0.15) is 4.31 Å². The van der Waals surface area contributed by atoms with E-state index in [4.69, 9.17) is 21.1 Å².